The molecule has 1 heterocycles. The third-order valence-corrected chi connectivity index (χ3v) is 4.77. The molecule has 0 unspecified atom stereocenters. The zero-order valence-electron chi connectivity index (χ0n) is 11.8. The normalized spacial score (nSPS) is 11.8. The van der Waals surface area contributed by atoms with E-state index in [9.17, 15) is 8.42 Å². The summed E-state index contributed by atoms with van der Waals surface area (Å²) in [5.41, 5.74) is 1.77. The van der Waals surface area contributed by atoms with Crippen LogP contribution in [0.2, 0.25) is 5.02 Å². The topological polar surface area (TPSA) is 86.9 Å². The van der Waals surface area contributed by atoms with E-state index in [0.29, 0.717) is 23.0 Å². The van der Waals surface area contributed by atoms with E-state index in [4.69, 9.17) is 11.6 Å². The van der Waals surface area contributed by atoms with E-state index >= 15 is 0 Å². The van der Waals surface area contributed by atoms with E-state index < -0.39 is 10.0 Å². The highest BCUT2D eigenvalue weighted by Crippen LogP contribution is 2.18. The second-order valence-electron chi connectivity index (χ2n) is 4.61. The van der Waals surface area contributed by atoms with Gasteiger partial charge in [0.05, 0.1) is 11.4 Å². The number of halogens is 1. The molecule has 2 rings (SSSR count). The van der Waals surface area contributed by atoms with E-state index in [2.05, 4.69) is 20.2 Å². The molecule has 114 valence electrons. The van der Waals surface area contributed by atoms with Crippen LogP contribution in [-0.2, 0) is 23.1 Å². The van der Waals surface area contributed by atoms with Crippen molar-refractivity contribution in [2.75, 3.05) is 7.05 Å². The lowest BCUT2D eigenvalue weighted by molar-refractivity contribution is 0.578. The van der Waals surface area contributed by atoms with Crippen LogP contribution in [0, 0.1) is 6.92 Å². The van der Waals surface area contributed by atoms with Gasteiger partial charge in [0.1, 0.15) is 4.90 Å². The SMILES string of the molecule is CNCc1n[nH]c(C)c1S(=O)(=O)NCc1cccc(Cl)c1. The first kappa shape index (κ1) is 16.0. The summed E-state index contributed by atoms with van der Waals surface area (Å²) in [7, 11) is -1.90. The molecule has 0 saturated heterocycles. The first-order chi connectivity index (χ1) is 9.94. The van der Waals surface area contributed by atoms with Crippen molar-refractivity contribution < 1.29 is 8.42 Å². The molecule has 0 radical (unpaired) electrons. The molecule has 0 fully saturated rings. The number of nitrogens with zero attached hydrogens (tertiary/aromatic N) is 1. The van der Waals surface area contributed by atoms with Gasteiger partial charge >= 0.3 is 0 Å². The molecule has 21 heavy (non-hydrogen) atoms. The number of aromatic amines is 1. The van der Waals surface area contributed by atoms with Crippen LogP contribution in [-0.4, -0.2) is 25.7 Å². The van der Waals surface area contributed by atoms with Crippen molar-refractivity contribution in [3.8, 4) is 0 Å². The average Bonchev–Trinajstić information content (AvgIpc) is 2.79. The molecule has 0 aliphatic rings. The quantitative estimate of drug-likeness (QED) is 0.751. The fraction of sp³-hybridized carbons (Fsp3) is 0.308. The highest BCUT2D eigenvalue weighted by Gasteiger charge is 2.23. The minimum absolute atomic E-state index is 0.173. The van der Waals surface area contributed by atoms with E-state index in [1.54, 1.807) is 32.2 Å². The Morgan fingerprint density at radius 1 is 1.33 bits per heavy atom. The molecule has 2 aromatic rings. The van der Waals surface area contributed by atoms with Gasteiger partial charge in [0.2, 0.25) is 10.0 Å². The molecule has 1 aromatic heterocycles. The summed E-state index contributed by atoms with van der Waals surface area (Å²) >= 11 is 5.89. The van der Waals surface area contributed by atoms with Gasteiger partial charge < -0.3 is 5.32 Å². The molecule has 0 saturated carbocycles. The second-order valence-corrected chi connectivity index (χ2v) is 6.75. The van der Waals surface area contributed by atoms with Crippen molar-refractivity contribution >= 4 is 21.6 Å². The fourth-order valence-corrected chi connectivity index (χ4v) is 3.60. The lowest BCUT2D eigenvalue weighted by Crippen LogP contribution is -2.25. The highest BCUT2D eigenvalue weighted by atomic mass is 35.5. The summed E-state index contributed by atoms with van der Waals surface area (Å²) < 4.78 is 27.4. The molecule has 0 bridgehead atoms. The van der Waals surface area contributed by atoms with Crippen LogP contribution in [0.5, 0.6) is 0 Å². The average molecular weight is 329 g/mol. The van der Waals surface area contributed by atoms with Gasteiger partial charge in [0, 0.05) is 18.1 Å². The predicted molar refractivity (Wildman–Crippen MR) is 81.6 cm³/mol. The summed E-state index contributed by atoms with van der Waals surface area (Å²) in [6.07, 6.45) is 0. The van der Waals surface area contributed by atoms with E-state index in [-0.39, 0.29) is 11.4 Å². The molecule has 6 nitrogen and oxygen atoms in total. The van der Waals surface area contributed by atoms with Gasteiger partial charge in [-0.2, -0.15) is 5.10 Å². The highest BCUT2D eigenvalue weighted by molar-refractivity contribution is 7.89. The Kier molecular flexibility index (Phi) is 5.00. The van der Waals surface area contributed by atoms with E-state index in [1.165, 1.54) is 0 Å². The smallest absolute Gasteiger partial charge is 0.244 e. The zero-order valence-corrected chi connectivity index (χ0v) is 13.3. The van der Waals surface area contributed by atoms with Crippen LogP contribution in [0.25, 0.3) is 0 Å². The Balaban J connectivity index is 2.21. The molecule has 0 atom stereocenters. The number of H-pyrrole nitrogens is 1. The molecule has 0 aliphatic heterocycles. The van der Waals surface area contributed by atoms with Crippen molar-refractivity contribution in [3.63, 3.8) is 0 Å². The van der Waals surface area contributed by atoms with Crippen molar-refractivity contribution in [2.24, 2.45) is 0 Å². The standard InChI is InChI=1S/C13H17ClN4O2S/c1-9-13(12(8-15-2)18-17-9)21(19,20)16-7-10-4-3-5-11(14)6-10/h3-6,15-16H,7-8H2,1-2H3,(H,17,18). The Labute approximate surface area is 129 Å². The van der Waals surface area contributed by atoms with Gasteiger partial charge in [-0.05, 0) is 31.7 Å². The first-order valence-corrected chi connectivity index (χ1v) is 8.22. The van der Waals surface area contributed by atoms with E-state index in [0.717, 1.165) is 5.56 Å². The number of hydrogen-bond donors (Lipinski definition) is 3. The minimum atomic E-state index is -3.64. The number of benzene rings is 1. The van der Waals surface area contributed by atoms with Gasteiger partial charge in [-0.3, -0.25) is 5.10 Å². The van der Waals surface area contributed by atoms with E-state index in [1.807, 2.05) is 6.07 Å². The number of sulfonamides is 1. The molecular weight excluding hydrogens is 312 g/mol. The summed E-state index contributed by atoms with van der Waals surface area (Å²) in [6, 6.07) is 7.05. The maximum Gasteiger partial charge on any atom is 0.244 e. The molecule has 0 aliphatic carbocycles. The predicted octanol–water partition coefficient (Wildman–Crippen LogP) is 1.57. The summed E-state index contributed by atoms with van der Waals surface area (Å²) in [6.45, 7) is 2.23. The van der Waals surface area contributed by atoms with Gasteiger partial charge in [-0.1, -0.05) is 23.7 Å². The molecule has 0 amide bonds. The van der Waals surface area contributed by atoms with Crippen LogP contribution < -0.4 is 10.0 Å². The lowest BCUT2D eigenvalue weighted by Gasteiger charge is -2.08. The third-order valence-electron chi connectivity index (χ3n) is 2.93. The largest absolute Gasteiger partial charge is 0.314 e. The van der Waals surface area contributed by atoms with Gasteiger partial charge in [-0.25, -0.2) is 13.1 Å². The van der Waals surface area contributed by atoms with Crippen LogP contribution in [0.3, 0.4) is 0 Å². The first-order valence-electron chi connectivity index (χ1n) is 6.36. The van der Waals surface area contributed by atoms with Gasteiger partial charge in [0.25, 0.3) is 0 Å². The third kappa shape index (κ3) is 3.82. The Morgan fingerprint density at radius 3 is 2.76 bits per heavy atom. The maximum absolute atomic E-state index is 12.4. The second kappa shape index (κ2) is 6.57. The summed E-state index contributed by atoms with van der Waals surface area (Å²) in [5, 5.41) is 10.2. The van der Waals surface area contributed by atoms with Crippen molar-refractivity contribution in [1.29, 1.82) is 0 Å². The van der Waals surface area contributed by atoms with Crippen molar-refractivity contribution in [1.82, 2.24) is 20.2 Å². The van der Waals surface area contributed by atoms with Crippen LogP contribution in [0.4, 0.5) is 0 Å². The molecular formula is C13H17ClN4O2S. The Morgan fingerprint density at radius 2 is 2.10 bits per heavy atom. The van der Waals surface area contributed by atoms with Crippen LogP contribution in [0.1, 0.15) is 17.0 Å². The zero-order chi connectivity index (χ0) is 15.5. The maximum atomic E-state index is 12.4. The molecule has 1 aromatic carbocycles. The van der Waals surface area contributed by atoms with Gasteiger partial charge in [-0.15, -0.1) is 0 Å². The number of aromatic nitrogens is 2. The summed E-state index contributed by atoms with van der Waals surface area (Å²) in [5.74, 6) is 0. The molecule has 3 N–H and O–H groups in total. The minimum Gasteiger partial charge on any atom is -0.314 e. The molecule has 8 heteroatoms. The Hall–Kier alpha value is -1.41. The molecule has 0 spiro atoms. The number of aryl methyl sites for hydroxylation is 1. The van der Waals surface area contributed by atoms with Crippen LogP contribution in [0.15, 0.2) is 29.2 Å². The van der Waals surface area contributed by atoms with Gasteiger partial charge in [0.15, 0.2) is 0 Å². The van der Waals surface area contributed by atoms with Crippen molar-refractivity contribution in [3.05, 3.63) is 46.2 Å². The van der Waals surface area contributed by atoms with Crippen LogP contribution >= 0.6 is 11.6 Å². The number of rotatable bonds is 6. The monoisotopic (exact) mass is 328 g/mol. The fourth-order valence-electron chi connectivity index (χ4n) is 2.01. The number of nitrogens with one attached hydrogen (secondary N) is 3. The Bertz CT molecular complexity index is 728. The summed E-state index contributed by atoms with van der Waals surface area (Å²) in [4.78, 5) is 0.193. The lowest BCUT2D eigenvalue weighted by atomic mass is 10.2. The number of hydrogen-bond acceptors (Lipinski definition) is 4. The van der Waals surface area contributed by atoms with Crippen molar-refractivity contribution in [2.45, 2.75) is 24.9 Å².